The van der Waals surface area contributed by atoms with Gasteiger partial charge >= 0.3 is 0 Å². The second-order valence-electron chi connectivity index (χ2n) is 5.25. The Morgan fingerprint density at radius 1 is 1.25 bits per heavy atom. The van der Waals surface area contributed by atoms with E-state index in [0.717, 1.165) is 18.7 Å². The van der Waals surface area contributed by atoms with E-state index in [9.17, 15) is 0 Å². The largest absolute Gasteiger partial charge is 0.384 e. The fraction of sp³-hybridized carbons (Fsp3) is 0.769. The van der Waals surface area contributed by atoms with Crippen LogP contribution in [0.25, 0.3) is 0 Å². The highest BCUT2D eigenvalue weighted by Crippen LogP contribution is 2.23. The van der Waals surface area contributed by atoms with Gasteiger partial charge in [0.1, 0.15) is 5.82 Å². The van der Waals surface area contributed by atoms with E-state index in [1.54, 1.807) is 0 Å². The minimum Gasteiger partial charge on any atom is -0.384 e. The molecule has 3 heteroatoms. The van der Waals surface area contributed by atoms with Crippen molar-refractivity contribution in [3.05, 3.63) is 11.3 Å². The molecule has 92 valence electrons. The molecule has 0 saturated heterocycles. The van der Waals surface area contributed by atoms with Crippen molar-refractivity contribution >= 4 is 5.82 Å². The maximum absolute atomic E-state index is 6.07. The molecule has 1 atom stereocenters. The van der Waals surface area contributed by atoms with Gasteiger partial charge in [-0.05, 0) is 24.7 Å². The molecule has 1 aromatic heterocycles. The van der Waals surface area contributed by atoms with Crippen molar-refractivity contribution in [2.75, 3.05) is 5.73 Å². The van der Waals surface area contributed by atoms with Crippen molar-refractivity contribution in [3.63, 3.8) is 0 Å². The van der Waals surface area contributed by atoms with E-state index in [2.05, 4.69) is 32.8 Å². The van der Waals surface area contributed by atoms with Gasteiger partial charge in [0, 0.05) is 12.6 Å². The Labute approximate surface area is 99.0 Å². The molecule has 0 spiro atoms. The van der Waals surface area contributed by atoms with Crippen LogP contribution in [0.1, 0.15) is 45.4 Å². The van der Waals surface area contributed by atoms with Gasteiger partial charge in [0.25, 0.3) is 0 Å². The summed E-state index contributed by atoms with van der Waals surface area (Å²) in [7, 11) is 1.93. The van der Waals surface area contributed by atoms with Crippen LogP contribution in [-0.2, 0) is 19.9 Å². The van der Waals surface area contributed by atoms with Crippen LogP contribution < -0.4 is 5.73 Å². The van der Waals surface area contributed by atoms with Gasteiger partial charge in [-0.3, -0.25) is 4.68 Å². The van der Waals surface area contributed by atoms with E-state index in [1.807, 2.05) is 11.7 Å². The van der Waals surface area contributed by atoms with Gasteiger partial charge in [-0.2, -0.15) is 5.10 Å². The average Bonchev–Trinajstić information content (AvgIpc) is 2.45. The first-order chi connectivity index (χ1) is 7.45. The van der Waals surface area contributed by atoms with Crippen LogP contribution in [0.4, 0.5) is 5.82 Å². The van der Waals surface area contributed by atoms with Crippen molar-refractivity contribution in [2.24, 2.45) is 18.9 Å². The molecule has 0 saturated carbocycles. The van der Waals surface area contributed by atoms with Crippen molar-refractivity contribution < 1.29 is 0 Å². The van der Waals surface area contributed by atoms with E-state index in [0.29, 0.717) is 11.8 Å². The molecule has 2 N–H and O–H groups in total. The first kappa shape index (κ1) is 13.1. The number of aromatic nitrogens is 2. The molecule has 1 aromatic rings. The molecule has 0 fully saturated rings. The van der Waals surface area contributed by atoms with Crippen LogP contribution in [0.15, 0.2) is 0 Å². The van der Waals surface area contributed by atoms with Gasteiger partial charge in [-0.15, -0.1) is 0 Å². The van der Waals surface area contributed by atoms with Gasteiger partial charge < -0.3 is 5.73 Å². The third-order valence-electron chi connectivity index (χ3n) is 3.13. The normalized spacial score (nSPS) is 13.4. The van der Waals surface area contributed by atoms with E-state index in [-0.39, 0.29) is 0 Å². The highest BCUT2D eigenvalue weighted by molar-refractivity contribution is 5.43. The lowest BCUT2D eigenvalue weighted by atomic mass is 9.96. The minimum atomic E-state index is 0.627. The molecule has 0 aliphatic carbocycles. The van der Waals surface area contributed by atoms with Crippen LogP contribution in [0, 0.1) is 11.8 Å². The Hall–Kier alpha value is -0.990. The Kier molecular flexibility index (Phi) is 4.39. The van der Waals surface area contributed by atoms with Gasteiger partial charge in [0.15, 0.2) is 0 Å². The number of aryl methyl sites for hydroxylation is 1. The van der Waals surface area contributed by atoms with Gasteiger partial charge in [-0.1, -0.05) is 34.1 Å². The zero-order valence-corrected chi connectivity index (χ0v) is 11.2. The fourth-order valence-corrected chi connectivity index (χ4v) is 1.91. The Morgan fingerprint density at radius 2 is 1.88 bits per heavy atom. The lowest BCUT2D eigenvalue weighted by Gasteiger charge is -2.09. The lowest BCUT2D eigenvalue weighted by Crippen LogP contribution is -2.04. The molecule has 1 heterocycles. The molecule has 16 heavy (non-hydrogen) atoms. The molecule has 0 aromatic carbocycles. The van der Waals surface area contributed by atoms with Crippen LogP contribution in [0.2, 0.25) is 0 Å². The monoisotopic (exact) mass is 223 g/mol. The summed E-state index contributed by atoms with van der Waals surface area (Å²) in [6, 6.07) is 0. The standard InChI is InChI=1S/C13H25N3/c1-6-10(4)8-12-11(7-9(2)3)13(14)16(5)15-12/h9-10H,6-8,14H2,1-5H3. The SMILES string of the molecule is CCC(C)Cc1nn(C)c(N)c1CC(C)C. The summed E-state index contributed by atoms with van der Waals surface area (Å²) in [5, 5.41) is 4.54. The number of nitrogens with zero attached hydrogens (tertiary/aromatic N) is 2. The predicted octanol–water partition coefficient (Wildman–Crippen LogP) is 2.79. The molecule has 0 bridgehead atoms. The molecular formula is C13H25N3. The Bertz CT molecular complexity index is 339. The summed E-state index contributed by atoms with van der Waals surface area (Å²) in [6.45, 7) is 8.93. The summed E-state index contributed by atoms with van der Waals surface area (Å²) in [5.74, 6) is 2.15. The van der Waals surface area contributed by atoms with Crippen LogP contribution in [-0.4, -0.2) is 9.78 Å². The summed E-state index contributed by atoms with van der Waals surface area (Å²) in [4.78, 5) is 0. The second kappa shape index (κ2) is 5.37. The Morgan fingerprint density at radius 3 is 2.38 bits per heavy atom. The molecule has 0 amide bonds. The first-order valence-electron chi connectivity index (χ1n) is 6.25. The average molecular weight is 223 g/mol. The number of hydrogen-bond acceptors (Lipinski definition) is 2. The lowest BCUT2D eigenvalue weighted by molar-refractivity contribution is 0.541. The maximum atomic E-state index is 6.07. The number of anilines is 1. The third-order valence-corrected chi connectivity index (χ3v) is 3.13. The summed E-state index contributed by atoms with van der Waals surface area (Å²) in [5.41, 5.74) is 8.53. The van der Waals surface area contributed by atoms with E-state index >= 15 is 0 Å². The number of nitrogen functional groups attached to an aromatic ring is 1. The van der Waals surface area contributed by atoms with Crippen molar-refractivity contribution in [1.29, 1.82) is 0 Å². The van der Waals surface area contributed by atoms with Gasteiger partial charge in [0.05, 0.1) is 5.69 Å². The predicted molar refractivity (Wildman–Crippen MR) is 69.3 cm³/mol. The number of rotatable bonds is 5. The molecule has 1 rings (SSSR count). The summed E-state index contributed by atoms with van der Waals surface area (Å²) in [6.07, 6.45) is 3.27. The number of nitrogens with two attached hydrogens (primary N) is 1. The van der Waals surface area contributed by atoms with E-state index < -0.39 is 0 Å². The molecule has 1 unspecified atom stereocenters. The van der Waals surface area contributed by atoms with Crippen molar-refractivity contribution in [3.8, 4) is 0 Å². The topological polar surface area (TPSA) is 43.8 Å². The van der Waals surface area contributed by atoms with E-state index in [1.165, 1.54) is 17.7 Å². The minimum absolute atomic E-state index is 0.627. The third kappa shape index (κ3) is 3.00. The summed E-state index contributed by atoms with van der Waals surface area (Å²) < 4.78 is 1.81. The van der Waals surface area contributed by atoms with Gasteiger partial charge in [-0.25, -0.2) is 0 Å². The molecule has 0 aliphatic heterocycles. The highest BCUT2D eigenvalue weighted by Gasteiger charge is 2.16. The number of hydrogen-bond donors (Lipinski definition) is 1. The smallest absolute Gasteiger partial charge is 0.124 e. The van der Waals surface area contributed by atoms with Crippen molar-refractivity contribution in [2.45, 2.75) is 47.0 Å². The molecule has 0 radical (unpaired) electrons. The van der Waals surface area contributed by atoms with E-state index in [4.69, 9.17) is 5.73 Å². The van der Waals surface area contributed by atoms with Crippen LogP contribution in [0.5, 0.6) is 0 Å². The van der Waals surface area contributed by atoms with Crippen LogP contribution in [0.3, 0.4) is 0 Å². The van der Waals surface area contributed by atoms with Gasteiger partial charge in [0.2, 0.25) is 0 Å². The molecule has 0 aliphatic rings. The fourth-order valence-electron chi connectivity index (χ4n) is 1.91. The Balaban J connectivity index is 2.94. The zero-order valence-electron chi connectivity index (χ0n) is 11.2. The highest BCUT2D eigenvalue weighted by atomic mass is 15.3. The van der Waals surface area contributed by atoms with Crippen LogP contribution >= 0.6 is 0 Å². The first-order valence-corrected chi connectivity index (χ1v) is 6.25. The van der Waals surface area contributed by atoms with Crippen molar-refractivity contribution in [1.82, 2.24) is 9.78 Å². The maximum Gasteiger partial charge on any atom is 0.124 e. The molecular weight excluding hydrogens is 198 g/mol. The quantitative estimate of drug-likeness (QED) is 0.834. The summed E-state index contributed by atoms with van der Waals surface area (Å²) >= 11 is 0. The second-order valence-corrected chi connectivity index (χ2v) is 5.25. The molecule has 3 nitrogen and oxygen atoms in total. The zero-order chi connectivity index (χ0) is 12.3.